The largest absolute Gasteiger partial charge is 0.494 e. The Hall–Kier alpha value is -3.90. The van der Waals surface area contributed by atoms with Crippen LogP contribution < -0.4 is 15.1 Å². The second-order valence-electron chi connectivity index (χ2n) is 8.41. The van der Waals surface area contributed by atoms with Gasteiger partial charge in [-0.15, -0.1) is 0 Å². The van der Waals surface area contributed by atoms with Crippen LogP contribution in [0.1, 0.15) is 58.3 Å². The highest BCUT2D eigenvalue weighted by atomic mass is 35.5. The molecule has 0 saturated carbocycles. The van der Waals surface area contributed by atoms with Crippen LogP contribution in [-0.2, 0) is 0 Å². The van der Waals surface area contributed by atoms with Crippen LogP contribution >= 0.6 is 11.6 Å². The number of anilines is 1. The number of Topliss-reactive ketones (excluding diaryl/α,β-unsaturated/α-hetero) is 1. The van der Waals surface area contributed by atoms with Crippen LogP contribution in [-0.4, -0.2) is 18.3 Å². The van der Waals surface area contributed by atoms with Gasteiger partial charge >= 0.3 is 0 Å². The summed E-state index contributed by atoms with van der Waals surface area (Å²) in [6.45, 7) is 4.10. The predicted octanol–water partition coefficient (Wildman–Crippen LogP) is 6.19. The van der Waals surface area contributed by atoms with E-state index in [2.05, 4.69) is 0 Å². The van der Waals surface area contributed by atoms with Gasteiger partial charge in [0, 0.05) is 16.3 Å². The highest BCUT2D eigenvalue weighted by molar-refractivity contribution is 6.31. The minimum absolute atomic E-state index is 0.00298. The van der Waals surface area contributed by atoms with Gasteiger partial charge in [0.25, 0.3) is 5.91 Å². The van der Waals surface area contributed by atoms with Gasteiger partial charge in [-0.3, -0.25) is 19.3 Å². The van der Waals surface area contributed by atoms with Crippen LogP contribution in [0.5, 0.6) is 5.75 Å². The van der Waals surface area contributed by atoms with Crippen molar-refractivity contribution in [3.8, 4) is 5.75 Å². The molecule has 7 heteroatoms. The van der Waals surface area contributed by atoms with Gasteiger partial charge in [-0.25, -0.2) is 0 Å². The van der Waals surface area contributed by atoms with Gasteiger partial charge in [0.1, 0.15) is 11.3 Å². The van der Waals surface area contributed by atoms with E-state index in [4.69, 9.17) is 20.8 Å². The van der Waals surface area contributed by atoms with Gasteiger partial charge in [0.2, 0.25) is 5.76 Å². The van der Waals surface area contributed by atoms with E-state index in [1.807, 2.05) is 31.2 Å². The maximum Gasteiger partial charge on any atom is 0.295 e. The van der Waals surface area contributed by atoms with Gasteiger partial charge < -0.3 is 9.15 Å². The second kappa shape index (κ2) is 9.04. The van der Waals surface area contributed by atoms with E-state index < -0.39 is 11.9 Å². The number of hydrogen-bond acceptors (Lipinski definition) is 5. The fourth-order valence-electron chi connectivity index (χ4n) is 4.35. The van der Waals surface area contributed by atoms with Crippen molar-refractivity contribution in [3.05, 3.63) is 104 Å². The lowest BCUT2D eigenvalue weighted by atomic mass is 9.98. The lowest BCUT2D eigenvalue weighted by molar-refractivity contribution is 0.0970. The molecule has 3 aromatic carbocycles. The van der Waals surface area contributed by atoms with Crippen molar-refractivity contribution in [1.82, 2.24) is 0 Å². The quantitative estimate of drug-likeness (QED) is 0.303. The van der Waals surface area contributed by atoms with Crippen LogP contribution in [0.4, 0.5) is 5.69 Å². The SMILES string of the molecule is CCCOc1ccc(C2c3c(oc4ccc(Cl)cc4c3=O)C(=O)N2c2ccc(C(C)=O)cc2)cc1. The number of ether oxygens (including phenoxy) is 1. The monoisotopic (exact) mass is 487 g/mol. The maximum absolute atomic E-state index is 13.7. The van der Waals surface area contributed by atoms with Gasteiger partial charge in [-0.05, 0) is 73.5 Å². The fourth-order valence-corrected chi connectivity index (χ4v) is 4.52. The molecule has 0 bridgehead atoms. The van der Waals surface area contributed by atoms with Crippen LogP contribution in [0, 0.1) is 0 Å². The third-order valence-electron chi connectivity index (χ3n) is 6.05. The molecule has 0 N–H and O–H groups in total. The van der Waals surface area contributed by atoms with Crippen LogP contribution in [0.3, 0.4) is 0 Å². The molecule has 0 saturated heterocycles. The van der Waals surface area contributed by atoms with Crippen molar-refractivity contribution in [2.75, 3.05) is 11.5 Å². The Morgan fingerprint density at radius 2 is 1.74 bits per heavy atom. The van der Waals surface area contributed by atoms with Crippen LogP contribution in [0.25, 0.3) is 11.0 Å². The molecule has 0 fully saturated rings. The van der Waals surface area contributed by atoms with E-state index in [1.165, 1.54) is 11.8 Å². The topological polar surface area (TPSA) is 76.8 Å². The molecule has 1 atom stereocenters. The predicted molar refractivity (Wildman–Crippen MR) is 135 cm³/mol. The molecule has 5 rings (SSSR count). The minimum atomic E-state index is -0.722. The highest BCUT2D eigenvalue weighted by Crippen LogP contribution is 2.41. The highest BCUT2D eigenvalue weighted by Gasteiger charge is 2.43. The fraction of sp³-hybridized carbons (Fsp3) is 0.179. The number of carbonyl (C=O) groups is 2. The number of fused-ring (bicyclic) bond motifs is 2. The molecule has 1 aromatic heterocycles. The molecule has 6 nitrogen and oxygen atoms in total. The molecule has 0 radical (unpaired) electrons. The Balaban J connectivity index is 1.70. The molecule has 2 heterocycles. The molecule has 4 aromatic rings. The summed E-state index contributed by atoms with van der Waals surface area (Å²) in [5.41, 5.74) is 2.04. The molecular weight excluding hydrogens is 466 g/mol. The summed E-state index contributed by atoms with van der Waals surface area (Å²) in [5.74, 6) is 0.194. The Kier molecular flexibility index (Phi) is 5.91. The average Bonchev–Trinajstić information content (AvgIpc) is 3.16. The standard InChI is InChI=1S/C28H22ClNO5/c1-3-14-34-21-11-6-18(7-12-21)25-24-26(32)22-15-19(29)8-13-23(22)35-27(24)28(33)30(25)20-9-4-17(5-10-20)16(2)31/h4-13,15,25H,3,14H2,1-2H3. The number of nitrogens with zero attached hydrogens (tertiary/aromatic N) is 1. The minimum Gasteiger partial charge on any atom is -0.494 e. The summed E-state index contributed by atoms with van der Waals surface area (Å²) in [6, 6.07) is 18.1. The van der Waals surface area contributed by atoms with Crippen molar-refractivity contribution >= 4 is 39.9 Å². The summed E-state index contributed by atoms with van der Waals surface area (Å²) >= 11 is 6.15. The number of amides is 1. The Labute approximate surface area is 206 Å². The molecule has 1 aliphatic rings. The van der Waals surface area contributed by atoms with Crippen molar-refractivity contribution in [1.29, 1.82) is 0 Å². The van der Waals surface area contributed by atoms with Crippen LogP contribution in [0.15, 0.2) is 75.9 Å². The van der Waals surface area contributed by atoms with Gasteiger partial charge in [0.15, 0.2) is 11.2 Å². The van der Waals surface area contributed by atoms with Crippen molar-refractivity contribution in [3.63, 3.8) is 0 Å². The lowest BCUT2D eigenvalue weighted by Crippen LogP contribution is -2.29. The van der Waals surface area contributed by atoms with E-state index >= 15 is 0 Å². The number of ketones is 1. The Morgan fingerprint density at radius 3 is 2.40 bits per heavy atom. The molecular formula is C28H22ClNO5. The maximum atomic E-state index is 13.7. The number of carbonyl (C=O) groups excluding carboxylic acids is 2. The summed E-state index contributed by atoms with van der Waals surface area (Å²) in [6.07, 6.45) is 0.882. The molecule has 176 valence electrons. The zero-order valence-electron chi connectivity index (χ0n) is 19.2. The number of hydrogen-bond donors (Lipinski definition) is 0. The number of benzene rings is 3. The number of halogens is 1. The molecule has 1 aliphatic heterocycles. The Morgan fingerprint density at radius 1 is 1.03 bits per heavy atom. The van der Waals surface area contributed by atoms with Crippen molar-refractivity contribution < 1.29 is 18.7 Å². The first-order valence-corrected chi connectivity index (χ1v) is 11.7. The third-order valence-corrected chi connectivity index (χ3v) is 6.29. The average molecular weight is 488 g/mol. The van der Waals surface area contributed by atoms with Gasteiger partial charge in [-0.1, -0.05) is 30.7 Å². The summed E-state index contributed by atoms with van der Waals surface area (Å²) < 4.78 is 11.7. The van der Waals surface area contributed by atoms with Gasteiger partial charge in [-0.2, -0.15) is 0 Å². The molecule has 1 unspecified atom stereocenters. The molecule has 1 amide bonds. The first kappa shape index (κ1) is 22.9. The summed E-state index contributed by atoms with van der Waals surface area (Å²) in [5, 5.41) is 0.713. The normalized spacial score (nSPS) is 14.9. The zero-order valence-corrected chi connectivity index (χ0v) is 20.0. The van der Waals surface area contributed by atoms with Gasteiger partial charge in [0.05, 0.1) is 23.6 Å². The van der Waals surface area contributed by atoms with E-state index in [0.29, 0.717) is 39.6 Å². The Bertz CT molecular complexity index is 1510. The summed E-state index contributed by atoms with van der Waals surface area (Å²) in [7, 11) is 0. The first-order chi connectivity index (χ1) is 16.9. The smallest absolute Gasteiger partial charge is 0.295 e. The first-order valence-electron chi connectivity index (χ1n) is 11.3. The van der Waals surface area contributed by atoms with E-state index in [0.717, 1.165) is 12.0 Å². The number of rotatable bonds is 6. The van der Waals surface area contributed by atoms with Crippen molar-refractivity contribution in [2.45, 2.75) is 26.3 Å². The summed E-state index contributed by atoms with van der Waals surface area (Å²) in [4.78, 5) is 40.6. The molecule has 0 spiro atoms. The molecule has 0 aliphatic carbocycles. The molecule has 35 heavy (non-hydrogen) atoms. The van der Waals surface area contributed by atoms with E-state index in [9.17, 15) is 14.4 Å². The second-order valence-corrected chi connectivity index (χ2v) is 8.85. The zero-order chi connectivity index (χ0) is 24.7. The van der Waals surface area contributed by atoms with Crippen molar-refractivity contribution in [2.24, 2.45) is 0 Å². The van der Waals surface area contributed by atoms with E-state index in [-0.39, 0.29) is 22.5 Å². The lowest BCUT2D eigenvalue weighted by Gasteiger charge is -2.25. The van der Waals surface area contributed by atoms with Crippen LogP contribution in [0.2, 0.25) is 5.02 Å². The third kappa shape index (κ3) is 4.00. The van der Waals surface area contributed by atoms with E-state index in [1.54, 1.807) is 42.5 Å².